The molecule has 1 amide bonds. The van der Waals surface area contributed by atoms with Gasteiger partial charge in [0, 0.05) is 6.54 Å². The highest BCUT2D eigenvalue weighted by Crippen LogP contribution is 2.27. The highest BCUT2D eigenvalue weighted by Gasteiger charge is 2.11. The molecule has 0 aromatic heterocycles. The summed E-state index contributed by atoms with van der Waals surface area (Å²) >= 11 is 10.8. The molecule has 1 N–H and O–H groups in total. The Kier molecular flexibility index (Phi) is 5.38. The fraction of sp³-hybridized carbons (Fsp3) is 0.364. The van der Waals surface area contributed by atoms with Gasteiger partial charge >= 0.3 is 0 Å². The van der Waals surface area contributed by atoms with Gasteiger partial charge in [0.05, 0.1) is 14.2 Å². The van der Waals surface area contributed by atoms with Crippen LogP contribution in [0.1, 0.15) is 5.56 Å². The lowest BCUT2D eigenvalue weighted by Crippen LogP contribution is -2.27. The molecule has 0 aliphatic heterocycles. The van der Waals surface area contributed by atoms with Crippen LogP contribution in [0, 0.1) is 0 Å². The van der Waals surface area contributed by atoms with E-state index >= 15 is 0 Å². The molecule has 17 heavy (non-hydrogen) atoms. The monoisotopic (exact) mass is 277 g/mol. The van der Waals surface area contributed by atoms with Gasteiger partial charge in [-0.2, -0.15) is 0 Å². The molecule has 94 valence electrons. The Morgan fingerprint density at radius 2 is 1.94 bits per heavy atom. The minimum Gasteiger partial charge on any atom is -0.493 e. The van der Waals surface area contributed by atoms with Crippen molar-refractivity contribution >= 4 is 29.1 Å². The van der Waals surface area contributed by atoms with Gasteiger partial charge in [-0.1, -0.05) is 29.3 Å². The predicted molar refractivity (Wildman–Crippen MR) is 66.9 cm³/mol. The van der Waals surface area contributed by atoms with Crippen molar-refractivity contribution in [1.82, 2.24) is 5.32 Å². The van der Waals surface area contributed by atoms with Crippen LogP contribution in [0.4, 0.5) is 0 Å². The number of rotatable bonds is 5. The maximum atomic E-state index is 11.2. The first-order chi connectivity index (χ1) is 8.08. The van der Waals surface area contributed by atoms with E-state index in [9.17, 15) is 4.79 Å². The van der Waals surface area contributed by atoms with Gasteiger partial charge in [0.25, 0.3) is 5.91 Å². The zero-order valence-electron chi connectivity index (χ0n) is 9.50. The summed E-state index contributed by atoms with van der Waals surface area (Å²) < 4.78 is 10.2. The maximum absolute atomic E-state index is 11.2. The molecule has 1 aromatic rings. The molecule has 0 aliphatic rings. The van der Waals surface area contributed by atoms with Crippen molar-refractivity contribution in [3.63, 3.8) is 0 Å². The number of alkyl halides is 2. The van der Waals surface area contributed by atoms with Crippen molar-refractivity contribution in [3.8, 4) is 11.5 Å². The lowest BCUT2D eigenvalue weighted by Gasteiger charge is -2.10. The largest absolute Gasteiger partial charge is 0.493 e. The van der Waals surface area contributed by atoms with Crippen LogP contribution < -0.4 is 14.8 Å². The highest BCUT2D eigenvalue weighted by molar-refractivity contribution is 6.53. The first-order valence-electron chi connectivity index (χ1n) is 4.85. The summed E-state index contributed by atoms with van der Waals surface area (Å²) in [5, 5.41) is 2.59. The summed E-state index contributed by atoms with van der Waals surface area (Å²) in [7, 11) is 3.11. The van der Waals surface area contributed by atoms with Gasteiger partial charge in [0.1, 0.15) is 0 Å². The molecule has 0 unspecified atom stereocenters. The third kappa shape index (κ3) is 3.98. The molecule has 1 rings (SSSR count). The molecule has 0 saturated heterocycles. The van der Waals surface area contributed by atoms with E-state index in [1.54, 1.807) is 26.4 Å². The highest BCUT2D eigenvalue weighted by atomic mass is 35.5. The molecule has 0 bridgehead atoms. The number of hydrogen-bond acceptors (Lipinski definition) is 3. The minimum atomic E-state index is -1.06. The Morgan fingerprint density at radius 1 is 1.29 bits per heavy atom. The van der Waals surface area contributed by atoms with E-state index in [0.29, 0.717) is 18.0 Å². The van der Waals surface area contributed by atoms with Crippen LogP contribution in [0.15, 0.2) is 18.2 Å². The maximum Gasteiger partial charge on any atom is 0.253 e. The Balaban J connectivity index is 2.69. The van der Waals surface area contributed by atoms with Gasteiger partial charge in [-0.15, -0.1) is 0 Å². The topological polar surface area (TPSA) is 47.6 Å². The third-order valence-electron chi connectivity index (χ3n) is 2.11. The van der Waals surface area contributed by atoms with Gasteiger partial charge in [0.15, 0.2) is 16.3 Å². The van der Waals surface area contributed by atoms with Crippen LogP contribution in [0.5, 0.6) is 11.5 Å². The quantitative estimate of drug-likeness (QED) is 0.839. The van der Waals surface area contributed by atoms with E-state index < -0.39 is 10.7 Å². The lowest BCUT2D eigenvalue weighted by atomic mass is 10.2. The minimum absolute atomic E-state index is 0.328. The van der Waals surface area contributed by atoms with Gasteiger partial charge in [-0.25, -0.2) is 0 Å². The summed E-state index contributed by atoms with van der Waals surface area (Å²) in [4.78, 5) is 10.1. The SMILES string of the molecule is COc1ccc(CNC(=O)C(Cl)Cl)cc1OC. The van der Waals surface area contributed by atoms with Gasteiger partial charge in [-0.05, 0) is 17.7 Å². The summed E-state index contributed by atoms with van der Waals surface area (Å²) in [5.41, 5.74) is 0.866. The number of carbonyl (C=O) groups is 1. The average molecular weight is 278 g/mol. The van der Waals surface area contributed by atoms with Gasteiger partial charge in [-0.3, -0.25) is 4.79 Å². The van der Waals surface area contributed by atoms with Crippen molar-refractivity contribution in [2.24, 2.45) is 0 Å². The number of hydrogen-bond donors (Lipinski definition) is 1. The number of halogens is 2. The first kappa shape index (κ1) is 13.9. The average Bonchev–Trinajstić information content (AvgIpc) is 2.35. The summed E-state index contributed by atoms with van der Waals surface area (Å²) in [6.45, 7) is 0.328. The van der Waals surface area contributed by atoms with Crippen LogP contribution >= 0.6 is 23.2 Å². The van der Waals surface area contributed by atoms with E-state index in [-0.39, 0.29) is 0 Å². The van der Waals surface area contributed by atoms with Gasteiger partial charge < -0.3 is 14.8 Å². The third-order valence-corrected chi connectivity index (χ3v) is 2.51. The second kappa shape index (κ2) is 6.57. The number of carbonyl (C=O) groups excluding carboxylic acids is 1. The van der Waals surface area contributed by atoms with E-state index in [4.69, 9.17) is 32.7 Å². The molecule has 0 saturated carbocycles. The molecule has 0 radical (unpaired) electrons. The Hall–Kier alpha value is -1.13. The van der Waals surface area contributed by atoms with Crippen molar-refractivity contribution in [2.45, 2.75) is 11.4 Å². The van der Waals surface area contributed by atoms with Crippen molar-refractivity contribution < 1.29 is 14.3 Å². The molecular weight excluding hydrogens is 265 g/mol. The van der Waals surface area contributed by atoms with Crippen LogP contribution in [0.2, 0.25) is 0 Å². The second-order valence-electron chi connectivity index (χ2n) is 3.21. The van der Waals surface area contributed by atoms with Gasteiger partial charge in [0.2, 0.25) is 0 Å². The van der Waals surface area contributed by atoms with E-state index in [1.165, 1.54) is 0 Å². The lowest BCUT2D eigenvalue weighted by molar-refractivity contribution is -0.119. The Morgan fingerprint density at radius 3 is 2.47 bits per heavy atom. The fourth-order valence-electron chi connectivity index (χ4n) is 1.26. The summed E-state index contributed by atoms with van der Waals surface area (Å²) in [5.74, 6) is 0.811. The van der Waals surface area contributed by atoms with Crippen LogP contribution in [0.3, 0.4) is 0 Å². The van der Waals surface area contributed by atoms with E-state index in [1.807, 2.05) is 6.07 Å². The van der Waals surface area contributed by atoms with Crippen LogP contribution in [-0.2, 0) is 11.3 Å². The van der Waals surface area contributed by atoms with E-state index in [2.05, 4.69) is 5.32 Å². The number of nitrogens with one attached hydrogen (secondary N) is 1. The van der Waals surface area contributed by atoms with Crippen LogP contribution in [0.25, 0.3) is 0 Å². The Labute approximate surface area is 110 Å². The zero-order valence-corrected chi connectivity index (χ0v) is 11.0. The number of ether oxygens (including phenoxy) is 2. The summed E-state index contributed by atoms with van der Waals surface area (Å²) in [6.07, 6.45) is 0. The normalized spacial score (nSPS) is 10.2. The Bertz CT molecular complexity index is 396. The molecule has 0 fully saturated rings. The number of benzene rings is 1. The van der Waals surface area contributed by atoms with E-state index in [0.717, 1.165) is 5.56 Å². The number of amides is 1. The molecule has 0 atom stereocenters. The van der Waals surface area contributed by atoms with Crippen molar-refractivity contribution in [3.05, 3.63) is 23.8 Å². The van der Waals surface area contributed by atoms with Crippen molar-refractivity contribution in [1.29, 1.82) is 0 Å². The predicted octanol–water partition coefficient (Wildman–Crippen LogP) is 2.12. The fourth-order valence-corrected chi connectivity index (χ4v) is 1.41. The van der Waals surface area contributed by atoms with Crippen LogP contribution in [-0.4, -0.2) is 25.0 Å². The molecule has 0 spiro atoms. The van der Waals surface area contributed by atoms with Crippen molar-refractivity contribution in [2.75, 3.05) is 14.2 Å². The zero-order chi connectivity index (χ0) is 12.8. The number of methoxy groups -OCH3 is 2. The molecule has 6 heteroatoms. The smallest absolute Gasteiger partial charge is 0.253 e. The first-order valence-corrected chi connectivity index (χ1v) is 5.72. The second-order valence-corrected chi connectivity index (χ2v) is 4.30. The molecule has 0 heterocycles. The molecular formula is C11H13Cl2NO3. The molecule has 1 aromatic carbocycles. The molecule has 4 nitrogen and oxygen atoms in total. The molecule has 0 aliphatic carbocycles. The standard InChI is InChI=1S/C11H13Cl2NO3/c1-16-8-4-3-7(5-9(8)17-2)6-14-11(15)10(12)13/h3-5,10H,6H2,1-2H3,(H,14,15). The summed E-state index contributed by atoms with van der Waals surface area (Å²) in [6, 6.07) is 5.36.